The van der Waals surface area contributed by atoms with Crippen LogP contribution in [0.4, 0.5) is 0 Å². The van der Waals surface area contributed by atoms with Crippen LogP contribution in [0.15, 0.2) is 36.4 Å². The third-order valence-electron chi connectivity index (χ3n) is 7.82. The predicted molar refractivity (Wildman–Crippen MR) is 133 cm³/mol. The van der Waals surface area contributed by atoms with Crippen molar-refractivity contribution in [3.8, 4) is 23.0 Å². The SMILES string of the molecule is CCC1(COCC2(CC)COC2c2ccc(OC)cc2OC)COC1c1ccc(OC)cc1OC. The highest BCUT2D eigenvalue weighted by Gasteiger charge is 2.52. The number of ether oxygens (including phenoxy) is 7. The second kappa shape index (κ2) is 10.6. The minimum Gasteiger partial charge on any atom is -0.497 e. The number of benzene rings is 2. The molecule has 192 valence electrons. The molecule has 0 aromatic heterocycles. The molecule has 0 N–H and O–H groups in total. The summed E-state index contributed by atoms with van der Waals surface area (Å²) in [5, 5.41) is 0. The molecule has 2 saturated heterocycles. The molecule has 4 rings (SSSR count). The van der Waals surface area contributed by atoms with E-state index in [-0.39, 0.29) is 23.0 Å². The highest BCUT2D eigenvalue weighted by atomic mass is 16.5. The van der Waals surface area contributed by atoms with Crippen molar-refractivity contribution in [1.29, 1.82) is 0 Å². The molecule has 2 aliphatic rings. The number of rotatable bonds is 12. The van der Waals surface area contributed by atoms with Gasteiger partial charge in [-0.25, -0.2) is 0 Å². The standard InChI is InChI=1S/C28H38O7/c1-7-27(17-34-25(27)21-11-9-19(29-3)13-23(21)31-5)15-33-16-28(8-2)18-35-26(28)22-12-10-20(30-4)14-24(22)32-6/h9-14,25-26H,7-8,15-18H2,1-6H3. The lowest BCUT2D eigenvalue weighted by Crippen LogP contribution is -2.52. The Labute approximate surface area is 208 Å². The Kier molecular flexibility index (Phi) is 7.79. The Bertz CT molecular complexity index is 921. The lowest BCUT2D eigenvalue weighted by atomic mass is 9.72. The van der Waals surface area contributed by atoms with E-state index in [0.29, 0.717) is 26.4 Å². The predicted octanol–water partition coefficient (Wildman–Crippen LogP) is 5.37. The molecule has 2 heterocycles. The van der Waals surface area contributed by atoms with Gasteiger partial charge in [0, 0.05) is 34.1 Å². The van der Waals surface area contributed by atoms with Crippen LogP contribution in [0.2, 0.25) is 0 Å². The number of methoxy groups -OCH3 is 4. The summed E-state index contributed by atoms with van der Waals surface area (Å²) in [6.45, 7) is 6.93. The van der Waals surface area contributed by atoms with Gasteiger partial charge in [-0.1, -0.05) is 13.8 Å². The highest BCUT2D eigenvalue weighted by molar-refractivity contribution is 5.44. The van der Waals surface area contributed by atoms with Crippen LogP contribution in [0.5, 0.6) is 23.0 Å². The molecule has 0 spiro atoms. The molecule has 35 heavy (non-hydrogen) atoms. The monoisotopic (exact) mass is 486 g/mol. The van der Waals surface area contributed by atoms with Gasteiger partial charge in [0.1, 0.15) is 23.0 Å². The van der Waals surface area contributed by atoms with E-state index in [1.165, 1.54) is 0 Å². The Hall–Kier alpha value is -2.48. The maximum Gasteiger partial charge on any atom is 0.128 e. The van der Waals surface area contributed by atoms with E-state index in [4.69, 9.17) is 33.2 Å². The van der Waals surface area contributed by atoms with Crippen molar-refractivity contribution in [1.82, 2.24) is 0 Å². The van der Waals surface area contributed by atoms with E-state index in [2.05, 4.69) is 13.8 Å². The molecule has 7 heteroatoms. The van der Waals surface area contributed by atoms with Gasteiger partial charge >= 0.3 is 0 Å². The van der Waals surface area contributed by atoms with Crippen LogP contribution in [0.3, 0.4) is 0 Å². The van der Waals surface area contributed by atoms with Crippen LogP contribution in [0.1, 0.15) is 50.0 Å². The fourth-order valence-electron chi connectivity index (χ4n) is 5.19. The molecule has 0 saturated carbocycles. The Balaban J connectivity index is 1.47. The first-order chi connectivity index (χ1) is 17.0. The molecule has 4 atom stereocenters. The van der Waals surface area contributed by atoms with Gasteiger partial charge in [0.15, 0.2) is 0 Å². The van der Waals surface area contributed by atoms with E-state index in [1.807, 2.05) is 36.4 Å². The van der Waals surface area contributed by atoms with Crippen LogP contribution >= 0.6 is 0 Å². The lowest BCUT2D eigenvalue weighted by molar-refractivity contribution is -0.249. The summed E-state index contributed by atoms with van der Waals surface area (Å²) in [5.74, 6) is 3.07. The quantitative estimate of drug-likeness (QED) is 0.399. The number of hydrogen-bond acceptors (Lipinski definition) is 7. The topological polar surface area (TPSA) is 64.6 Å². The summed E-state index contributed by atoms with van der Waals surface area (Å²) < 4.78 is 40.6. The van der Waals surface area contributed by atoms with Gasteiger partial charge in [0.2, 0.25) is 0 Å². The van der Waals surface area contributed by atoms with Gasteiger partial charge in [-0.3, -0.25) is 0 Å². The zero-order valence-electron chi connectivity index (χ0n) is 21.7. The zero-order chi connectivity index (χ0) is 25.1. The van der Waals surface area contributed by atoms with Gasteiger partial charge in [0.25, 0.3) is 0 Å². The molecule has 0 aliphatic carbocycles. The average molecular weight is 487 g/mol. The van der Waals surface area contributed by atoms with Crippen molar-refractivity contribution in [3.05, 3.63) is 47.5 Å². The molecule has 2 aromatic carbocycles. The second-order valence-electron chi connectivity index (χ2n) is 9.52. The molecule has 2 fully saturated rings. The van der Waals surface area contributed by atoms with Crippen LogP contribution in [0, 0.1) is 10.8 Å². The lowest BCUT2D eigenvalue weighted by Gasteiger charge is -2.52. The largest absolute Gasteiger partial charge is 0.497 e. The minimum absolute atomic E-state index is 0.0824. The molecule has 2 aliphatic heterocycles. The van der Waals surface area contributed by atoms with Crippen molar-refractivity contribution in [2.45, 2.75) is 38.9 Å². The number of hydrogen-bond donors (Lipinski definition) is 0. The van der Waals surface area contributed by atoms with Gasteiger partial charge in [-0.15, -0.1) is 0 Å². The Morgan fingerprint density at radius 1 is 0.686 bits per heavy atom. The van der Waals surface area contributed by atoms with Crippen molar-refractivity contribution >= 4 is 0 Å². The molecular weight excluding hydrogens is 448 g/mol. The van der Waals surface area contributed by atoms with Crippen LogP contribution < -0.4 is 18.9 Å². The third kappa shape index (κ3) is 4.57. The highest BCUT2D eigenvalue weighted by Crippen LogP contribution is 2.54. The summed E-state index contributed by atoms with van der Waals surface area (Å²) in [5.41, 5.74) is 1.86. The second-order valence-corrected chi connectivity index (χ2v) is 9.52. The summed E-state index contributed by atoms with van der Waals surface area (Å²) in [7, 11) is 6.66. The molecule has 7 nitrogen and oxygen atoms in total. The maximum absolute atomic E-state index is 6.48. The molecule has 0 bridgehead atoms. The van der Waals surface area contributed by atoms with Crippen molar-refractivity contribution < 1.29 is 33.2 Å². The van der Waals surface area contributed by atoms with E-state index in [9.17, 15) is 0 Å². The molecule has 0 radical (unpaired) electrons. The molecule has 0 amide bonds. The maximum atomic E-state index is 6.48. The summed E-state index contributed by atoms with van der Waals surface area (Å²) in [6.07, 6.45) is 1.72. The Morgan fingerprint density at radius 3 is 1.40 bits per heavy atom. The normalized spacial score (nSPS) is 27.5. The third-order valence-corrected chi connectivity index (χ3v) is 7.82. The first-order valence-corrected chi connectivity index (χ1v) is 12.2. The van der Waals surface area contributed by atoms with Crippen LogP contribution in [-0.2, 0) is 14.2 Å². The molecule has 4 unspecified atom stereocenters. The minimum atomic E-state index is -0.102. The van der Waals surface area contributed by atoms with Gasteiger partial charge in [-0.2, -0.15) is 0 Å². The van der Waals surface area contributed by atoms with Crippen molar-refractivity contribution in [3.63, 3.8) is 0 Å². The van der Waals surface area contributed by atoms with E-state index >= 15 is 0 Å². The van der Waals surface area contributed by atoms with Gasteiger partial charge in [-0.05, 0) is 37.1 Å². The van der Waals surface area contributed by atoms with Crippen molar-refractivity contribution in [2.75, 3.05) is 54.9 Å². The van der Waals surface area contributed by atoms with Gasteiger partial charge < -0.3 is 33.2 Å². The van der Waals surface area contributed by atoms with Crippen LogP contribution in [0.25, 0.3) is 0 Å². The Morgan fingerprint density at radius 2 is 1.11 bits per heavy atom. The molecular formula is C28H38O7. The van der Waals surface area contributed by atoms with Crippen LogP contribution in [-0.4, -0.2) is 54.9 Å². The summed E-state index contributed by atoms with van der Waals surface area (Å²) in [4.78, 5) is 0. The van der Waals surface area contributed by atoms with E-state index in [0.717, 1.165) is 47.0 Å². The van der Waals surface area contributed by atoms with E-state index in [1.54, 1.807) is 28.4 Å². The zero-order valence-corrected chi connectivity index (χ0v) is 21.7. The molecule has 2 aromatic rings. The fraction of sp³-hybridized carbons (Fsp3) is 0.571. The smallest absolute Gasteiger partial charge is 0.128 e. The van der Waals surface area contributed by atoms with E-state index < -0.39 is 0 Å². The first-order valence-electron chi connectivity index (χ1n) is 12.2. The first kappa shape index (κ1) is 25.6. The fourth-order valence-corrected chi connectivity index (χ4v) is 5.19. The summed E-state index contributed by atoms with van der Waals surface area (Å²) in [6, 6.07) is 11.8. The summed E-state index contributed by atoms with van der Waals surface area (Å²) >= 11 is 0. The average Bonchev–Trinajstić information content (AvgIpc) is 2.88. The van der Waals surface area contributed by atoms with Crippen molar-refractivity contribution in [2.24, 2.45) is 10.8 Å². The van der Waals surface area contributed by atoms with Gasteiger partial charge in [0.05, 0.1) is 67.1 Å².